The van der Waals surface area contributed by atoms with Gasteiger partial charge in [-0.05, 0) is 44.2 Å². The number of carbonyl (C=O) groups excluding carboxylic acids is 1. The molecule has 1 amide bonds. The number of rotatable bonds is 7. The van der Waals surface area contributed by atoms with Crippen molar-refractivity contribution < 1.29 is 13.6 Å². The molecule has 0 saturated heterocycles. The van der Waals surface area contributed by atoms with E-state index in [4.69, 9.17) is 0 Å². The Morgan fingerprint density at radius 2 is 1.97 bits per heavy atom. The van der Waals surface area contributed by atoms with Crippen molar-refractivity contribution in [2.75, 3.05) is 11.4 Å². The fourth-order valence-electron chi connectivity index (χ4n) is 3.57. The number of anilines is 1. The maximum absolute atomic E-state index is 14.3. The average Bonchev–Trinajstić information content (AvgIpc) is 3.30. The Bertz CT molecular complexity index is 1320. The number of benzene rings is 2. The number of halogens is 2. The van der Waals surface area contributed by atoms with Crippen LogP contribution in [0, 0.1) is 25.5 Å². The Hall–Kier alpha value is -2.78. The first-order valence-corrected chi connectivity index (χ1v) is 12.3. The molecule has 2 aromatic carbocycles. The maximum atomic E-state index is 14.3. The lowest BCUT2D eigenvalue weighted by Crippen LogP contribution is -2.34. The molecule has 172 valence electrons. The SMILES string of the molecule is Cc1cc(C)n(CCN(C(=O)c2cccc(SC(C)C)c2)c2nc3c(F)cc(F)cc3s2)n1. The molecule has 0 spiro atoms. The van der Waals surface area contributed by atoms with Crippen molar-refractivity contribution in [3.8, 4) is 0 Å². The third-order valence-electron chi connectivity index (χ3n) is 4.97. The van der Waals surface area contributed by atoms with Gasteiger partial charge >= 0.3 is 0 Å². The van der Waals surface area contributed by atoms with Crippen molar-refractivity contribution in [3.63, 3.8) is 0 Å². The second-order valence-corrected chi connectivity index (χ2v) is 10.7. The number of amides is 1. The molecular weight excluding hydrogens is 462 g/mol. The minimum absolute atomic E-state index is 0.0597. The van der Waals surface area contributed by atoms with Crippen molar-refractivity contribution in [1.82, 2.24) is 14.8 Å². The Morgan fingerprint density at radius 1 is 1.18 bits per heavy atom. The van der Waals surface area contributed by atoms with Crippen LogP contribution in [0.15, 0.2) is 47.4 Å². The van der Waals surface area contributed by atoms with E-state index in [-0.39, 0.29) is 18.0 Å². The Morgan fingerprint density at radius 3 is 2.67 bits per heavy atom. The zero-order valence-electron chi connectivity index (χ0n) is 18.8. The van der Waals surface area contributed by atoms with Gasteiger partial charge in [0, 0.05) is 34.0 Å². The molecule has 0 N–H and O–H groups in total. The minimum atomic E-state index is -0.742. The Labute approximate surface area is 199 Å². The molecule has 2 aromatic heterocycles. The zero-order valence-corrected chi connectivity index (χ0v) is 20.4. The number of aryl methyl sites for hydroxylation is 2. The van der Waals surface area contributed by atoms with Gasteiger partial charge in [0.1, 0.15) is 11.3 Å². The summed E-state index contributed by atoms with van der Waals surface area (Å²) in [6, 6.07) is 11.5. The van der Waals surface area contributed by atoms with Gasteiger partial charge in [-0.3, -0.25) is 14.4 Å². The predicted molar refractivity (Wildman–Crippen MR) is 130 cm³/mol. The number of aromatic nitrogens is 3. The number of carbonyl (C=O) groups is 1. The van der Waals surface area contributed by atoms with E-state index >= 15 is 0 Å². The van der Waals surface area contributed by atoms with Crippen LogP contribution in [0.2, 0.25) is 0 Å². The molecule has 5 nitrogen and oxygen atoms in total. The first kappa shape index (κ1) is 23.4. The molecule has 4 aromatic rings. The van der Waals surface area contributed by atoms with Crippen molar-refractivity contribution in [1.29, 1.82) is 0 Å². The monoisotopic (exact) mass is 486 g/mol. The third kappa shape index (κ3) is 5.25. The lowest BCUT2D eigenvalue weighted by Gasteiger charge is -2.21. The van der Waals surface area contributed by atoms with Gasteiger partial charge in [0.25, 0.3) is 5.91 Å². The number of thioether (sulfide) groups is 1. The summed E-state index contributed by atoms with van der Waals surface area (Å²) in [6.07, 6.45) is 0. The van der Waals surface area contributed by atoms with Crippen LogP contribution in [-0.2, 0) is 6.54 Å². The van der Waals surface area contributed by atoms with Crippen LogP contribution >= 0.6 is 23.1 Å². The maximum Gasteiger partial charge on any atom is 0.260 e. The van der Waals surface area contributed by atoms with E-state index in [2.05, 4.69) is 23.9 Å². The predicted octanol–water partition coefficient (Wildman–Crippen LogP) is 6.24. The van der Waals surface area contributed by atoms with Crippen molar-refractivity contribution in [2.45, 2.75) is 44.4 Å². The topological polar surface area (TPSA) is 51.0 Å². The molecule has 0 bridgehead atoms. The fourth-order valence-corrected chi connectivity index (χ4v) is 5.50. The summed E-state index contributed by atoms with van der Waals surface area (Å²) in [5.74, 6) is -1.66. The lowest BCUT2D eigenvalue weighted by molar-refractivity contribution is 0.0985. The highest BCUT2D eigenvalue weighted by Crippen LogP contribution is 2.32. The average molecular weight is 487 g/mol. The van der Waals surface area contributed by atoms with E-state index in [0.29, 0.717) is 27.2 Å². The van der Waals surface area contributed by atoms with Crippen molar-refractivity contribution >= 4 is 44.4 Å². The molecule has 2 heterocycles. The van der Waals surface area contributed by atoms with Gasteiger partial charge in [-0.2, -0.15) is 5.10 Å². The molecule has 0 fully saturated rings. The van der Waals surface area contributed by atoms with Gasteiger partial charge in [0.05, 0.1) is 16.9 Å². The van der Waals surface area contributed by atoms with Gasteiger partial charge in [-0.25, -0.2) is 13.8 Å². The fraction of sp³-hybridized carbons (Fsp3) is 0.292. The van der Waals surface area contributed by atoms with Gasteiger partial charge in [-0.1, -0.05) is 31.3 Å². The van der Waals surface area contributed by atoms with Crippen LogP contribution in [0.4, 0.5) is 13.9 Å². The first-order chi connectivity index (χ1) is 15.7. The van der Waals surface area contributed by atoms with Crippen LogP contribution in [0.3, 0.4) is 0 Å². The molecule has 0 aliphatic carbocycles. The number of hydrogen-bond acceptors (Lipinski definition) is 5. The van der Waals surface area contributed by atoms with Crippen molar-refractivity contribution in [3.05, 3.63) is 71.1 Å². The van der Waals surface area contributed by atoms with Crippen LogP contribution < -0.4 is 4.90 Å². The molecule has 33 heavy (non-hydrogen) atoms. The summed E-state index contributed by atoms with van der Waals surface area (Å²) >= 11 is 2.77. The van der Waals surface area contributed by atoms with Crippen LogP contribution in [0.25, 0.3) is 10.2 Å². The minimum Gasteiger partial charge on any atom is -0.282 e. The second kappa shape index (κ2) is 9.61. The van der Waals surface area contributed by atoms with E-state index < -0.39 is 11.6 Å². The number of nitrogens with zero attached hydrogens (tertiary/aromatic N) is 4. The van der Waals surface area contributed by atoms with Gasteiger partial charge < -0.3 is 0 Å². The molecule has 4 rings (SSSR count). The second-order valence-electron chi connectivity index (χ2n) is 8.03. The number of thiazole rings is 1. The highest BCUT2D eigenvalue weighted by atomic mass is 32.2. The lowest BCUT2D eigenvalue weighted by atomic mass is 10.2. The summed E-state index contributed by atoms with van der Waals surface area (Å²) in [4.78, 5) is 20.5. The van der Waals surface area contributed by atoms with Gasteiger partial charge in [-0.15, -0.1) is 11.8 Å². The third-order valence-corrected chi connectivity index (χ3v) is 6.99. The molecule has 9 heteroatoms. The molecular formula is C24H24F2N4OS2. The summed E-state index contributed by atoms with van der Waals surface area (Å²) < 4.78 is 30.2. The van der Waals surface area contributed by atoms with Crippen LogP contribution in [-0.4, -0.2) is 32.5 Å². The molecule has 0 radical (unpaired) electrons. The van der Waals surface area contributed by atoms with E-state index in [1.807, 2.05) is 42.8 Å². The summed E-state index contributed by atoms with van der Waals surface area (Å²) in [5, 5.41) is 5.17. The van der Waals surface area contributed by atoms with Crippen LogP contribution in [0.5, 0.6) is 0 Å². The normalized spacial score (nSPS) is 11.5. The molecule has 0 atom stereocenters. The highest BCUT2D eigenvalue weighted by Gasteiger charge is 2.23. The van der Waals surface area contributed by atoms with Gasteiger partial charge in [0.2, 0.25) is 0 Å². The Balaban J connectivity index is 1.71. The quantitative estimate of drug-likeness (QED) is 0.290. The van der Waals surface area contributed by atoms with E-state index in [9.17, 15) is 13.6 Å². The summed E-state index contributed by atoms with van der Waals surface area (Å²) in [6.45, 7) is 8.78. The van der Waals surface area contributed by atoms with E-state index in [0.717, 1.165) is 33.7 Å². The molecule has 0 aliphatic rings. The zero-order chi connectivity index (χ0) is 23.7. The smallest absolute Gasteiger partial charge is 0.260 e. The van der Waals surface area contributed by atoms with Gasteiger partial charge in [0.15, 0.2) is 10.9 Å². The largest absolute Gasteiger partial charge is 0.282 e. The molecule has 0 saturated carbocycles. The summed E-state index contributed by atoms with van der Waals surface area (Å²) in [7, 11) is 0. The van der Waals surface area contributed by atoms with E-state index in [1.165, 1.54) is 11.0 Å². The standard InChI is InChI=1S/C24H24F2N4OS2/c1-14(2)32-19-7-5-6-17(11-19)23(31)29(8-9-30-16(4)10-15(3)28-30)24-27-22-20(26)12-18(25)13-21(22)33-24/h5-7,10-14H,8-9H2,1-4H3. The first-order valence-electron chi connectivity index (χ1n) is 10.6. The molecule has 0 aliphatic heterocycles. The summed E-state index contributed by atoms with van der Waals surface area (Å²) in [5.41, 5.74) is 2.44. The number of fused-ring (bicyclic) bond motifs is 1. The number of hydrogen-bond donors (Lipinski definition) is 0. The highest BCUT2D eigenvalue weighted by molar-refractivity contribution is 7.99. The molecule has 0 unspecified atom stereocenters. The Kier molecular flexibility index (Phi) is 6.81. The van der Waals surface area contributed by atoms with Crippen LogP contribution in [0.1, 0.15) is 35.6 Å². The van der Waals surface area contributed by atoms with Crippen molar-refractivity contribution in [2.24, 2.45) is 0 Å². The van der Waals surface area contributed by atoms with E-state index in [1.54, 1.807) is 17.8 Å².